The van der Waals surface area contributed by atoms with Gasteiger partial charge in [0.2, 0.25) is 5.91 Å². The Balaban J connectivity index is 2.02. The highest BCUT2D eigenvalue weighted by Crippen LogP contribution is 2.43. The predicted octanol–water partition coefficient (Wildman–Crippen LogP) is 3.05. The number of carbonyl (C=O) groups excluding carboxylic acids is 1. The Morgan fingerprint density at radius 3 is 2.23 bits per heavy atom. The summed E-state index contributed by atoms with van der Waals surface area (Å²) in [5.74, 6) is -0.234. The van der Waals surface area contributed by atoms with E-state index in [1.54, 1.807) is 24.1 Å². The minimum Gasteiger partial charge on any atom is -0.341 e. The molecular weight excluding hydrogens is 322 g/mol. The van der Waals surface area contributed by atoms with E-state index in [4.69, 9.17) is 11.6 Å². The summed E-state index contributed by atoms with van der Waals surface area (Å²) in [6.45, 7) is 0. The maximum atomic E-state index is 13.2. The predicted molar refractivity (Wildman–Crippen MR) is 85.6 cm³/mol. The summed E-state index contributed by atoms with van der Waals surface area (Å²) in [7, 11) is -1.98. The number of rotatable bonds is 4. The van der Waals surface area contributed by atoms with E-state index in [0.29, 0.717) is 17.9 Å². The third-order valence-corrected chi connectivity index (χ3v) is 7.61. The number of benzene rings is 1. The van der Waals surface area contributed by atoms with E-state index in [1.165, 1.54) is 12.1 Å². The van der Waals surface area contributed by atoms with Crippen LogP contribution in [0.2, 0.25) is 5.02 Å². The molecule has 0 bridgehead atoms. The first-order chi connectivity index (χ1) is 10.4. The largest absolute Gasteiger partial charge is 0.341 e. The van der Waals surface area contributed by atoms with Gasteiger partial charge < -0.3 is 4.90 Å². The molecule has 0 heterocycles. The van der Waals surface area contributed by atoms with E-state index in [2.05, 4.69) is 0 Å². The molecule has 2 aliphatic carbocycles. The molecule has 6 heteroatoms. The van der Waals surface area contributed by atoms with Crippen molar-refractivity contribution in [3.63, 3.8) is 0 Å². The van der Waals surface area contributed by atoms with Gasteiger partial charge in [0.1, 0.15) is 0 Å². The van der Waals surface area contributed by atoms with Gasteiger partial charge >= 0.3 is 0 Å². The van der Waals surface area contributed by atoms with Crippen molar-refractivity contribution in [1.82, 2.24) is 4.90 Å². The highest BCUT2D eigenvalue weighted by molar-refractivity contribution is 7.93. The Bertz CT molecular complexity index is 674. The third-order valence-electron chi connectivity index (χ3n) is 4.85. The fraction of sp³-hybridized carbons (Fsp3) is 0.562. The molecule has 0 saturated heterocycles. The van der Waals surface area contributed by atoms with Gasteiger partial charge in [0.15, 0.2) is 14.6 Å². The van der Waals surface area contributed by atoms with Crippen molar-refractivity contribution in [1.29, 1.82) is 0 Å². The van der Waals surface area contributed by atoms with E-state index in [-0.39, 0.29) is 16.8 Å². The summed E-state index contributed by atoms with van der Waals surface area (Å²) in [5.41, 5.74) is 0. The first-order valence-electron chi connectivity index (χ1n) is 7.66. The molecule has 120 valence electrons. The highest BCUT2D eigenvalue weighted by Gasteiger charge is 2.55. The first-order valence-corrected chi connectivity index (χ1v) is 9.52. The fourth-order valence-corrected chi connectivity index (χ4v) is 5.60. The fourth-order valence-electron chi connectivity index (χ4n) is 3.33. The maximum absolute atomic E-state index is 13.2. The second-order valence-electron chi connectivity index (χ2n) is 6.31. The van der Waals surface area contributed by atoms with Crippen molar-refractivity contribution in [2.75, 3.05) is 7.05 Å². The first kappa shape index (κ1) is 15.8. The number of carbonyl (C=O) groups is 1. The second-order valence-corrected chi connectivity index (χ2v) is 9.00. The molecule has 0 N–H and O–H groups in total. The molecule has 0 spiro atoms. The van der Waals surface area contributed by atoms with Crippen LogP contribution in [0.1, 0.15) is 38.5 Å². The molecule has 0 aromatic heterocycles. The molecule has 2 saturated carbocycles. The minimum absolute atomic E-state index is 0.191. The summed E-state index contributed by atoms with van der Waals surface area (Å²) in [6.07, 6.45) is 4.31. The topological polar surface area (TPSA) is 54.5 Å². The number of sulfone groups is 1. The smallest absolute Gasteiger partial charge is 0.244 e. The normalized spacial score (nSPS) is 20.8. The summed E-state index contributed by atoms with van der Waals surface area (Å²) in [6, 6.07) is 6.34. The molecule has 0 radical (unpaired) electrons. The Kier molecular flexibility index (Phi) is 3.98. The molecule has 4 nitrogen and oxygen atoms in total. The van der Waals surface area contributed by atoms with Crippen LogP contribution < -0.4 is 0 Å². The van der Waals surface area contributed by atoms with Crippen LogP contribution in [0.4, 0.5) is 0 Å². The number of nitrogens with zero attached hydrogens (tertiary/aromatic N) is 1. The monoisotopic (exact) mass is 341 g/mol. The quantitative estimate of drug-likeness (QED) is 0.845. The van der Waals surface area contributed by atoms with Crippen LogP contribution >= 0.6 is 11.6 Å². The van der Waals surface area contributed by atoms with E-state index in [1.807, 2.05) is 0 Å². The van der Waals surface area contributed by atoms with E-state index < -0.39 is 14.6 Å². The van der Waals surface area contributed by atoms with Crippen molar-refractivity contribution in [3.05, 3.63) is 29.3 Å². The lowest BCUT2D eigenvalue weighted by Crippen LogP contribution is -2.51. The summed E-state index contributed by atoms with van der Waals surface area (Å²) < 4.78 is 25.0. The van der Waals surface area contributed by atoms with E-state index in [9.17, 15) is 13.2 Å². The zero-order chi connectivity index (χ0) is 16.0. The van der Waals surface area contributed by atoms with Crippen molar-refractivity contribution in [2.45, 2.75) is 54.2 Å². The van der Waals surface area contributed by atoms with Gasteiger partial charge in [0.05, 0.1) is 4.90 Å². The molecule has 2 fully saturated rings. The molecule has 3 rings (SSSR count). The van der Waals surface area contributed by atoms with Crippen molar-refractivity contribution in [3.8, 4) is 0 Å². The SMILES string of the molecule is CN(C(=O)C1(S(=O)(=O)c2ccc(Cl)cc2)CCCC1)C1CC1. The number of halogens is 1. The van der Waals surface area contributed by atoms with Gasteiger partial charge in [0.25, 0.3) is 0 Å². The molecule has 0 atom stereocenters. The lowest BCUT2D eigenvalue weighted by atomic mass is 10.1. The van der Waals surface area contributed by atoms with Crippen LogP contribution in [-0.2, 0) is 14.6 Å². The third kappa shape index (κ3) is 2.44. The summed E-state index contributed by atoms with van der Waals surface area (Å²) in [5, 5.41) is 0.487. The van der Waals surface area contributed by atoms with Crippen LogP contribution in [0.5, 0.6) is 0 Å². The van der Waals surface area contributed by atoms with Crippen LogP contribution in [-0.4, -0.2) is 37.1 Å². The standard InChI is InChI=1S/C16H20ClNO3S/c1-18(13-6-7-13)15(19)16(10-2-3-11-16)22(20,21)14-8-4-12(17)5-9-14/h4-5,8-9,13H,2-3,6-7,10-11H2,1H3. The second kappa shape index (κ2) is 5.53. The molecule has 22 heavy (non-hydrogen) atoms. The lowest BCUT2D eigenvalue weighted by molar-refractivity contribution is -0.133. The van der Waals surface area contributed by atoms with Gasteiger partial charge in [-0.3, -0.25) is 4.79 Å². The van der Waals surface area contributed by atoms with Gasteiger partial charge in [-0.1, -0.05) is 24.4 Å². The molecule has 1 aromatic rings. The van der Waals surface area contributed by atoms with E-state index in [0.717, 1.165) is 25.7 Å². The van der Waals surface area contributed by atoms with Gasteiger partial charge in [-0.2, -0.15) is 0 Å². The van der Waals surface area contributed by atoms with Crippen molar-refractivity contribution >= 4 is 27.3 Å². The zero-order valence-electron chi connectivity index (χ0n) is 12.6. The zero-order valence-corrected chi connectivity index (χ0v) is 14.2. The van der Waals surface area contributed by atoms with Crippen LogP contribution in [0.25, 0.3) is 0 Å². The van der Waals surface area contributed by atoms with Gasteiger partial charge in [-0.25, -0.2) is 8.42 Å². The van der Waals surface area contributed by atoms with Gasteiger partial charge in [0, 0.05) is 18.1 Å². The number of hydrogen-bond acceptors (Lipinski definition) is 3. The molecular formula is C16H20ClNO3S. The van der Waals surface area contributed by atoms with Crippen LogP contribution in [0.15, 0.2) is 29.2 Å². The summed E-state index contributed by atoms with van der Waals surface area (Å²) in [4.78, 5) is 14.8. The highest BCUT2D eigenvalue weighted by atomic mass is 35.5. The molecule has 0 aliphatic heterocycles. The number of hydrogen-bond donors (Lipinski definition) is 0. The average Bonchev–Trinajstić information content (AvgIpc) is 3.22. The van der Waals surface area contributed by atoms with Crippen LogP contribution in [0.3, 0.4) is 0 Å². The Labute approximate surface area is 136 Å². The lowest BCUT2D eigenvalue weighted by Gasteiger charge is -2.32. The Morgan fingerprint density at radius 2 is 1.73 bits per heavy atom. The van der Waals surface area contributed by atoms with Crippen molar-refractivity contribution < 1.29 is 13.2 Å². The van der Waals surface area contributed by atoms with Gasteiger partial charge in [-0.15, -0.1) is 0 Å². The van der Waals surface area contributed by atoms with Crippen LogP contribution in [0, 0.1) is 0 Å². The molecule has 0 unspecified atom stereocenters. The van der Waals surface area contributed by atoms with Crippen molar-refractivity contribution in [2.24, 2.45) is 0 Å². The summed E-state index contributed by atoms with van der Waals surface area (Å²) >= 11 is 5.85. The van der Waals surface area contributed by atoms with Gasteiger partial charge in [-0.05, 0) is 49.9 Å². The Morgan fingerprint density at radius 1 is 1.18 bits per heavy atom. The number of amides is 1. The average molecular weight is 342 g/mol. The minimum atomic E-state index is -3.72. The Hall–Kier alpha value is -1.07. The van der Waals surface area contributed by atoms with E-state index >= 15 is 0 Å². The molecule has 1 aromatic carbocycles. The molecule has 1 amide bonds. The molecule has 2 aliphatic rings. The maximum Gasteiger partial charge on any atom is 0.244 e.